The van der Waals surface area contributed by atoms with E-state index in [2.05, 4.69) is 52.9 Å². The molecule has 5 rings (SSSR count). The zero-order valence-corrected chi connectivity index (χ0v) is 25.3. The first-order valence-electron chi connectivity index (χ1n) is 12.8. The van der Waals surface area contributed by atoms with Gasteiger partial charge in [0.15, 0.2) is 13.2 Å². The average molecular weight is 688 g/mol. The lowest BCUT2D eigenvalue weighted by Gasteiger charge is -2.09. The lowest BCUT2D eigenvalue weighted by Crippen LogP contribution is -2.24. The molecule has 0 aliphatic heterocycles. The molecule has 0 spiro atoms. The fourth-order valence-electron chi connectivity index (χ4n) is 4.03. The molecule has 0 saturated heterocycles. The van der Waals surface area contributed by atoms with E-state index in [1.54, 1.807) is 0 Å². The number of carbonyl (C=O) groups excluding carboxylic acids is 2. The molecule has 0 heterocycles. The Morgan fingerprint density at radius 3 is 1.43 bits per heavy atom. The van der Waals surface area contributed by atoms with Gasteiger partial charge < -0.3 is 9.47 Å². The summed E-state index contributed by atoms with van der Waals surface area (Å²) in [4.78, 5) is 24.4. The number of nitrogens with one attached hydrogen (secondary N) is 2. The normalized spacial score (nSPS) is 11.3. The lowest BCUT2D eigenvalue weighted by molar-refractivity contribution is -0.123. The highest BCUT2D eigenvalue weighted by molar-refractivity contribution is 9.11. The minimum atomic E-state index is -0.386. The van der Waals surface area contributed by atoms with Crippen LogP contribution < -0.4 is 20.3 Å². The Labute approximate surface area is 258 Å². The number of carbonyl (C=O) groups is 2. The SMILES string of the molecule is O=C(COc1ccc2ccccc2c1Br)NN=Cc1ccc(C=NNC(=O)COc2ccc3ccccc3c2Br)cc1. The van der Waals surface area contributed by atoms with E-state index in [9.17, 15) is 9.59 Å². The maximum atomic E-state index is 12.2. The molecule has 0 atom stereocenters. The number of benzene rings is 5. The summed E-state index contributed by atoms with van der Waals surface area (Å²) in [6, 6.07) is 30.5. The molecule has 0 aliphatic rings. The van der Waals surface area contributed by atoms with Crippen molar-refractivity contribution in [1.29, 1.82) is 0 Å². The van der Waals surface area contributed by atoms with Crippen molar-refractivity contribution in [3.05, 3.63) is 117 Å². The Morgan fingerprint density at radius 2 is 1.00 bits per heavy atom. The Morgan fingerprint density at radius 1 is 0.595 bits per heavy atom. The molecular formula is C32H24Br2N4O4. The second kappa shape index (κ2) is 13.9. The summed E-state index contributed by atoms with van der Waals surface area (Å²) < 4.78 is 12.9. The van der Waals surface area contributed by atoms with Gasteiger partial charge in [-0.25, -0.2) is 10.9 Å². The Bertz CT molecular complexity index is 1670. The fourth-order valence-corrected chi connectivity index (χ4v) is 5.24. The van der Waals surface area contributed by atoms with E-state index >= 15 is 0 Å². The van der Waals surface area contributed by atoms with Gasteiger partial charge in [-0.2, -0.15) is 10.2 Å². The summed E-state index contributed by atoms with van der Waals surface area (Å²) >= 11 is 7.09. The Kier molecular flexibility index (Phi) is 9.58. The largest absolute Gasteiger partial charge is 0.483 e. The highest BCUT2D eigenvalue weighted by Crippen LogP contribution is 2.34. The van der Waals surface area contributed by atoms with Crippen LogP contribution in [-0.4, -0.2) is 37.5 Å². The molecule has 210 valence electrons. The molecule has 5 aromatic rings. The van der Waals surface area contributed by atoms with Crippen LogP contribution in [0.2, 0.25) is 0 Å². The van der Waals surface area contributed by atoms with Gasteiger partial charge in [0.2, 0.25) is 0 Å². The molecule has 2 N–H and O–H groups in total. The highest BCUT2D eigenvalue weighted by atomic mass is 79.9. The third-order valence-electron chi connectivity index (χ3n) is 6.12. The van der Waals surface area contributed by atoms with Crippen molar-refractivity contribution in [2.45, 2.75) is 0 Å². The monoisotopic (exact) mass is 686 g/mol. The molecule has 8 nitrogen and oxygen atoms in total. The number of hydrogen-bond donors (Lipinski definition) is 2. The molecule has 2 amide bonds. The van der Waals surface area contributed by atoms with E-state index in [0.717, 1.165) is 41.6 Å². The Balaban J connectivity index is 1.04. The van der Waals surface area contributed by atoms with Crippen molar-refractivity contribution >= 4 is 77.6 Å². The number of hydrogen-bond acceptors (Lipinski definition) is 6. The number of hydrazone groups is 2. The van der Waals surface area contributed by atoms with Crippen LogP contribution in [0, 0.1) is 0 Å². The molecule has 0 fully saturated rings. The molecule has 0 aromatic heterocycles. The van der Waals surface area contributed by atoms with E-state index in [1.165, 1.54) is 12.4 Å². The highest BCUT2D eigenvalue weighted by Gasteiger charge is 2.09. The van der Waals surface area contributed by atoms with Gasteiger partial charge in [0.05, 0.1) is 21.4 Å². The van der Waals surface area contributed by atoms with E-state index in [0.29, 0.717) is 11.5 Å². The molecule has 5 aromatic carbocycles. The van der Waals surface area contributed by atoms with E-state index in [-0.39, 0.29) is 25.0 Å². The number of halogens is 2. The van der Waals surface area contributed by atoms with E-state index < -0.39 is 0 Å². The van der Waals surface area contributed by atoms with Gasteiger partial charge in [0.1, 0.15) is 11.5 Å². The number of fused-ring (bicyclic) bond motifs is 2. The van der Waals surface area contributed by atoms with Crippen LogP contribution >= 0.6 is 31.9 Å². The van der Waals surface area contributed by atoms with Crippen molar-refractivity contribution in [1.82, 2.24) is 10.9 Å². The first kappa shape index (κ1) is 29.0. The second-order valence-corrected chi connectivity index (χ2v) is 10.6. The second-order valence-electron chi connectivity index (χ2n) is 9.03. The minimum Gasteiger partial charge on any atom is -0.483 e. The van der Waals surface area contributed by atoms with Crippen LogP contribution in [0.15, 0.2) is 116 Å². The summed E-state index contributed by atoms with van der Waals surface area (Å²) in [7, 11) is 0. The first-order chi connectivity index (χ1) is 20.5. The van der Waals surface area contributed by atoms with Crippen molar-refractivity contribution < 1.29 is 19.1 Å². The fraction of sp³-hybridized carbons (Fsp3) is 0.0625. The van der Waals surface area contributed by atoms with Crippen LogP contribution in [0.1, 0.15) is 11.1 Å². The third-order valence-corrected chi connectivity index (χ3v) is 7.75. The first-order valence-corrected chi connectivity index (χ1v) is 14.4. The molecule has 0 unspecified atom stereocenters. The summed E-state index contributed by atoms with van der Waals surface area (Å²) in [5, 5.41) is 12.1. The smallest absolute Gasteiger partial charge is 0.277 e. The van der Waals surface area contributed by atoms with Crippen LogP contribution in [0.4, 0.5) is 0 Å². The van der Waals surface area contributed by atoms with Gasteiger partial charge in [-0.15, -0.1) is 0 Å². The quantitative estimate of drug-likeness (QED) is 0.128. The van der Waals surface area contributed by atoms with Crippen LogP contribution in [0.25, 0.3) is 21.5 Å². The maximum absolute atomic E-state index is 12.2. The third kappa shape index (κ3) is 7.39. The molecule has 0 radical (unpaired) electrons. The topological polar surface area (TPSA) is 101 Å². The predicted molar refractivity (Wildman–Crippen MR) is 172 cm³/mol. The van der Waals surface area contributed by atoms with Crippen molar-refractivity contribution in [3.63, 3.8) is 0 Å². The Hall–Kier alpha value is -4.54. The number of rotatable bonds is 10. The van der Waals surface area contributed by atoms with Crippen LogP contribution in [-0.2, 0) is 9.59 Å². The van der Waals surface area contributed by atoms with Crippen LogP contribution in [0.5, 0.6) is 11.5 Å². The van der Waals surface area contributed by atoms with Gasteiger partial charge in [-0.1, -0.05) is 84.9 Å². The summed E-state index contributed by atoms with van der Waals surface area (Å²) in [5.74, 6) is 0.379. The van der Waals surface area contributed by atoms with Gasteiger partial charge >= 0.3 is 0 Å². The summed E-state index contributed by atoms with van der Waals surface area (Å²) in [5.41, 5.74) is 6.45. The predicted octanol–water partition coefficient (Wildman–Crippen LogP) is 6.58. The maximum Gasteiger partial charge on any atom is 0.277 e. The number of nitrogens with zero attached hydrogens (tertiary/aromatic N) is 2. The molecular weight excluding hydrogens is 664 g/mol. The van der Waals surface area contributed by atoms with Gasteiger partial charge in [0.25, 0.3) is 11.8 Å². The number of ether oxygens (including phenoxy) is 2. The summed E-state index contributed by atoms with van der Waals surface area (Å²) in [6.45, 7) is -0.361. The van der Waals surface area contributed by atoms with E-state index in [4.69, 9.17) is 9.47 Å². The summed E-state index contributed by atoms with van der Waals surface area (Å²) in [6.07, 6.45) is 3.05. The van der Waals surface area contributed by atoms with Gasteiger partial charge in [-0.3, -0.25) is 9.59 Å². The molecule has 0 aliphatic carbocycles. The molecule has 10 heteroatoms. The zero-order chi connectivity index (χ0) is 29.3. The molecule has 0 bridgehead atoms. The minimum absolute atomic E-state index is 0.181. The molecule has 0 saturated carbocycles. The lowest BCUT2D eigenvalue weighted by atomic mass is 10.1. The molecule has 42 heavy (non-hydrogen) atoms. The van der Waals surface area contributed by atoms with Gasteiger partial charge in [0, 0.05) is 0 Å². The van der Waals surface area contributed by atoms with E-state index in [1.807, 2.05) is 97.1 Å². The van der Waals surface area contributed by atoms with Crippen molar-refractivity contribution in [2.75, 3.05) is 13.2 Å². The average Bonchev–Trinajstić information content (AvgIpc) is 3.01. The van der Waals surface area contributed by atoms with Crippen molar-refractivity contribution in [2.24, 2.45) is 10.2 Å². The standard InChI is InChI=1S/C32H24Br2N4O4/c33-31-25-7-3-1-5-23(25)13-15-27(31)41-19-29(39)37-35-17-21-9-11-22(12-10-21)18-36-38-30(40)20-42-28-16-14-24-6-2-4-8-26(24)32(28)34/h1-18H,19-20H2,(H,37,39)(H,38,40). The number of amides is 2. The van der Waals surface area contributed by atoms with Crippen molar-refractivity contribution in [3.8, 4) is 11.5 Å². The van der Waals surface area contributed by atoms with Crippen LogP contribution in [0.3, 0.4) is 0 Å². The zero-order valence-electron chi connectivity index (χ0n) is 22.1. The van der Waals surface area contributed by atoms with Gasteiger partial charge in [-0.05, 0) is 76.7 Å².